The van der Waals surface area contributed by atoms with E-state index in [0.29, 0.717) is 18.0 Å². The number of ether oxygens (including phenoxy) is 1. The van der Waals surface area contributed by atoms with Gasteiger partial charge in [-0.25, -0.2) is 0 Å². The minimum atomic E-state index is -0.531. The van der Waals surface area contributed by atoms with Gasteiger partial charge in [0.25, 0.3) is 0 Å². The number of nitrogens with one attached hydrogen (secondary N) is 1. The average Bonchev–Trinajstić information content (AvgIpc) is 3.21. The molecule has 0 saturated carbocycles. The number of carbonyl (C=O) groups is 2. The molecule has 198 valence electrons. The molecule has 1 aliphatic rings. The zero-order valence-electron chi connectivity index (χ0n) is 22.0. The number of hydrogen-bond acceptors (Lipinski definition) is 4. The van der Waals surface area contributed by atoms with Gasteiger partial charge in [0.2, 0.25) is 11.8 Å². The van der Waals surface area contributed by atoms with Crippen LogP contribution in [0.1, 0.15) is 54.8 Å². The summed E-state index contributed by atoms with van der Waals surface area (Å²) in [6.45, 7) is 4.96. The first-order chi connectivity index (χ1) is 18.0. The van der Waals surface area contributed by atoms with E-state index in [9.17, 15) is 9.59 Å². The number of aliphatic hydroxyl groups excluding tert-OH is 1. The Bertz CT molecular complexity index is 1200. The third kappa shape index (κ3) is 6.59. The second-order valence-corrected chi connectivity index (χ2v) is 9.96. The molecule has 2 amide bonds. The standard InChI is InChI=1S/C30H39N3O4/c1-22-26-10-3-4-11-27(26)33(18-7-19-37-2)30(22)24-9-6-17-32(20-24)29(36)12-5-8-23-13-15-25(16-14-23)31-28(35)21-34/h3-4,10-11,13-16,24,34H,5-9,12,17-21H2,1-2H3,(H,31,35). The van der Waals surface area contributed by atoms with Gasteiger partial charge in [-0.15, -0.1) is 0 Å². The molecule has 37 heavy (non-hydrogen) atoms. The normalized spacial score (nSPS) is 15.8. The van der Waals surface area contributed by atoms with Crippen LogP contribution in [0.2, 0.25) is 0 Å². The van der Waals surface area contributed by atoms with Crippen LogP contribution in [-0.4, -0.2) is 59.8 Å². The Morgan fingerprint density at radius 3 is 2.65 bits per heavy atom. The van der Waals surface area contributed by atoms with Crippen LogP contribution in [0.25, 0.3) is 10.9 Å². The lowest BCUT2D eigenvalue weighted by atomic mass is 9.91. The van der Waals surface area contributed by atoms with E-state index in [2.05, 4.69) is 46.0 Å². The molecule has 1 atom stereocenters. The first-order valence-corrected chi connectivity index (χ1v) is 13.4. The molecule has 1 aliphatic heterocycles. The number of carbonyl (C=O) groups excluding carboxylic acids is 2. The van der Waals surface area contributed by atoms with Crippen molar-refractivity contribution in [2.75, 3.05) is 38.7 Å². The number of amides is 2. The molecule has 0 radical (unpaired) electrons. The number of aliphatic hydroxyl groups is 1. The van der Waals surface area contributed by atoms with Crippen molar-refractivity contribution in [3.63, 3.8) is 0 Å². The van der Waals surface area contributed by atoms with Crippen LogP contribution in [0.3, 0.4) is 0 Å². The highest BCUT2D eigenvalue weighted by molar-refractivity contribution is 5.91. The molecule has 1 fully saturated rings. The summed E-state index contributed by atoms with van der Waals surface area (Å²) in [6.07, 6.45) is 5.22. The summed E-state index contributed by atoms with van der Waals surface area (Å²) in [5, 5.41) is 12.8. The van der Waals surface area contributed by atoms with Gasteiger partial charge in [0.05, 0.1) is 0 Å². The van der Waals surface area contributed by atoms with Gasteiger partial charge in [-0.3, -0.25) is 9.59 Å². The highest BCUT2D eigenvalue weighted by Crippen LogP contribution is 2.36. The second kappa shape index (κ2) is 12.9. The van der Waals surface area contributed by atoms with Gasteiger partial charge in [0, 0.05) is 68.0 Å². The summed E-state index contributed by atoms with van der Waals surface area (Å²) in [6, 6.07) is 16.2. The van der Waals surface area contributed by atoms with Gasteiger partial charge in [-0.1, -0.05) is 30.3 Å². The fourth-order valence-electron chi connectivity index (χ4n) is 5.61. The van der Waals surface area contributed by atoms with Crippen LogP contribution in [-0.2, 0) is 27.3 Å². The second-order valence-electron chi connectivity index (χ2n) is 9.96. The molecule has 1 unspecified atom stereocenters. The smallest absolute Gasteiger partial charge is 0.250 e. The first kappa shape index (κ1) is 26.9. The average molecular weight is 506 g/mol. The van der Waals surface area contributed by atoms with Crippen molar-refractivity contribution in [3.05, 3.63) is 65.4 Å². The number of nitrogens with zero attached hydrogens (tertiary/aromatic N) is 2. The van der Waals surface area contributed by atoms with Gasteiger partial charge < -0.3 is 24.6 Å². The van der Waals surface area contributed by atoms with E-state index >= 15 is 0 Å². The maximum Gasteiger partial charge on any atom is 0.250 e. The van der Waals surface area contributed by atoms with Gasteiger partial charge in [-0.2, -0.15) is 0 Å². The molecule has 7 heteroatoms. The monoisotopic (exact) mass is 505 g/mol. The Balaban J connectivity index is 1.37. The van der Waals surface area contributed by atoms with E-state index in [4.69, 9.17) is 9.84 Å². The van der Waals surface area contributed by atoms with Gasteiger partial charge in [0.1, 0.15) is 6.61 Å². The lowest BCUT2D eigenvalue weighted by molar-refractivity contribution is -0.132. The number of aromatic nitrogens is 1. The third-order valence-corrected chi connectivity index (χ3v) is 7.40. The summed E-state index contributed by atoms with van der Waals surface area (Å²) in [7, 11) is 1.75. The van der Waals surface area contributed by atoms with E-state index in [1.54, 1.807) is 7.11 Å². The predicted molar refractivity (Wildman–Crippen MR) is 147 cm³/mol. The fraction of sp³-hybridized carbons (Fsp3) is 0.467. The Kier molecular flexibility index (Phi) is 9.36. The number of fused-ring (bicyclic) bond motifs is 1. The van der Waals surface area contributed by atoms with E-state index < -0.39 is 12.5 Å². The summed E-state index contributed by atoms with van der Waals surface area (Å²) in [5.74, 6) is 0.147. The van der Waals surface area contributed by atoms with Crippen molar-refractivity contribution >= 4 is 28.4 Å². The van der Waals surface area contributed by atoms with E-state index in [1.165, 1.54) is 22.2 Å². The molecule has 2 heterocycles. The molecule has 3 aromatic rings. The van der Waals surface area contributed by atoms with Crippen molar-refractivity contribution < 1.29 is 19.4 Å². The number of rotatable bonds is 11. The molecule has 2 N–H and O–H groups in total. The van der Waals surface area contributed by atoms with E-state index in [1.807, 2.05) is 24.3 Å². The Morgan fingerprint density at radius 1 is 1.11 bits per heavy atom. The summed E-state index contributed by atoms with van der Waals surface area (Å²) >= 11 is 0. The molecule has 0 spiro atoms. The quantitative estimate of drug-likeness (QED) is 0.372. The lowest BCUT2D eigenvalue weighted by Crippen LogP contribution is -2.39. The number of hydrogen-bond donors (Lipinski definition) is 2. The first-order valence-electron chi connectivity index (χ1n) is 13.4. The van der Waals surface area contributed by atoms with Crippen LogP contribution in [0, 0.1) is 6.92 Å². The Labute approximate surface area is 219 Å². The topological polar surface area (TPSA) is 83.8 Å². The Morgan fingerprint density at radius 2 is 1.89 bits per heavy atom. The highest BCUT2D eigenvalue weighted by atomic mass is 16.5. The highest BCUT2D eigenvalue weighted by Gasteiger charge is 2.29. The molecule has 1 saturated heterocycles. The molecule has 2 aromatic carbocycles. The molecular formula is C30H39N3O4. The minimum absolute atomic E-state index is 0.233. The minimum Gasteiger partial charge on any atom is -0.387 e. The van der Waals surface area contributed by atoms with Crippen molar-refractivity contribution in [1.29, 1.82) is 0 Å². The van der Waals surface area contributed by atoms with Crippen LogP contribution in [0.5, 0.6) is 0 Å². The maximum atomic E-state index is 13.2. The molecule has 7 nitrogen and oxygen atoms in total. The number of anilines is 1. The van der Waals surface area contributed by atoms with Crippen LogP contribution in [0.15, 0.2) is 48.5 Å². The molecule has 1 aromatic heterocycles. The van der Waals surface area contributed by atoms with Crippen molar-refractivity contribution in [1.82, 2.24) is 9.47 Å². The summed E-state index contributed by atoms with van der Waals surface area (Å²) < 4.78 is 7.79. The summed E-state index contributed by atoms with van der Waals surface area (Å²) in [4.78, 5) is 26.5. The Hall–Kier alpha value is -3.16. The third-order valence-electron chi connectivity index (χ3n) is 7.40. The SMILES string of the molecule is COCCCn1c(C2CCCN(C(=O)CCCc3ccc(NC(=O)CO)cc3)C2)c(C)c2ccccc21. The van der Waals surface area contributed by atoms with E-state index in [-0.39, 0.29) is 5.91 Å². The van der Waals surface area contributed by atoms with Gasteiger partial charge >= 0.3 is 0 Å². The van der Waals surface area contributed by atoms with Crippen LogP contribution < -0.4 is 5.32 Å². The molecule has 0 aliphatic carbocycles. The van der Waals surface area contributed by atoms with Crippen LogP contribution in [0.4, 0.5) is 5.69 Å². The zero-order valence-corrected chi connectivity index (χ0v) is 22.0. The number of aryl methyl sites for hydroxylation is 3. The fourth-order valence-corrected chi connectivity index (χ4v) is 5.61. The van der Waals surface area contributed by atoms with Crippen molar-refractivity contribution in [2.24, 2.45) is 0 Å². The predicted octanol–water partition coefficient (Wildman–Crippen LogP) is 4.65. The zero-order chi connectivity index (χ0) is 26.2. The number of para-hydroxylation sites is 1. The number of piperidine rings is 1. The lowest BCUT2D eigenvalue weighted by Gasteiger charge is -2.34. The van der Waals surface area contributed by atoms with E-state index in [0.717, 1.165) is 63.9 Å². The number of benzene rings is 2. The van der Waals surface area contributed by atoms with Gasteiger partial charge in [0.15, 0.2) is 0 Å². The van der Waals surface area contributed by atoms with Crippen molar-refractivity contribution in [3.8, 4) is 0 Å². The summed E-state index contributed by atoms with van der Waals surface area (Å²) in [5.41, 5.74) is 5.78. The van der Waals surface area contributed by atoms with Gasteiger partial charge in [-0.05, 0) is 68.4 Å². The maximum absolute atomic E-state index is 13.2. The molecular weight excluding hydrogens is 466 g/mol. The molecule has 0 bridgehead atoms. The molecule has 4 rings (SSSR count). The van der Waals surface area contributed by atoms with Crippen LogP contribution >= 0.6 is 0 Å². The number of likely N-dealkylation sites (tertiary alicyclic amines) is 1. The largest absolute Gasteiger partial charge is 0.387 e. The van der Waals surface area contributed by atoms with Crippen molar-refractivity contribution in [2.45, 2.75) is 57.9 Å². The number of methoxy groups -OCH3 is 1.